The van der Waals surface area contributed by atoms with Crippen LogP contribution < -0.4 is 5.73 Å². The van der Waals surface area contributed by atoms with Gasteiger partial charge in [0, 0.05) is 4.90 Å². The second-order valence-corrected chi connectivity index (χ2v) is 7.69. The van der Waals surface area contributed by atoms with Crippen molar-refractivity contribution in [3.63, 3.8) is 0 Å². The Hall–Kier alpha value is -2.34. The monoisotopic (exact) mass is 442 g/mol. The molecular formula is C18H11Cl2F3N4S. The predicted octanol–water partition coefficient (Wildman–Crippen LogP) is 6.11. The molecule has 0 aliphatic rings. The van der Waals surface area contributed by atoms with Crippen molar-refractivity contribution in [1.82, 2.24) is 9.78 Å². The van der Waals surface area contributed by atoms with Gasteiger partial charge in [-0.1, -0.05) is 52.7 Å². The van der Waals surface area contributed by atoms with E-state index in [1.165, 1.54) is 11.8 Å². The second kappa shape index (κ2) is 7.59. The molecule has 28 heavy (non-hydrogen) atoms. The van der Waals surface area contributed by atoms with Crippen LogP contribution in [0, 0.1) is 18.3 Å². The van der Waals surface area contributed by atoms with E-state index in [9.17, 15) is 18.4 Å². The summed E-state index contributed by atoms with van der Waals surface area (Å²) >= 11 is 13.3. The van der Waals surface area contributed by atoms with Crippen LogP contribution >= 0.6 is 35.0 Å². The minimum absolute atomic E-state index is 0.00936. The fraction of sp³-hybridized carbons (Fsp3) is 0.111. The van der Waals surface area contributed by atoms with Crippen LogP contribution in [0.25, 0.3) is 5.69 Å². The number of anilines is 1. The predicted molar refractivity (Wildman–Crippen MR) is 103 cm³/mol. The van der Waals surface area contributed by atoms with Gasteiger partial charge >= 0.3 is 6.18 Å². The maximum atomic E-state index is 12.9. The molecule has 0 radical (unpaired) electrons. The van der Waals surface area contributed by atoms with Crippen LogP contribution in [-0.2, 0) is 6.18 Å². The molecule has 0 atom stereocenters. The van der Waals surface area contributed by atoms with Gasteiger partial charge in [0.1, 0.15) is 17.6 Å². The highest BCUT2D eigenvalue weighted by Crippen LogP contribution is 2.41. The van der Waals surface area contributed by atoms with E-state index in [0.717, 1.165) is 27.3 Å². The van der Waals surface area contributed by atoms with E-state index >= 15 is 0 Å². The lowest BCUT2D eigenvalue weighted by molar-refractivity contribution is -0.137. The molecule has 0 aliphatic heterocycles. The van der Waals surface area contributed by atoms with Crippen LogP contribution in [0.3, 0.4) is 0 Å². The first-order valence-electron chi connectivity index (χ1n) is 7.71. The van der Waals surface area contributed by atoms with E-state index in [1.54, 1.807) is 0 Å². The zero-order valence-corrected chi connectivity index (χ0v) is 16.5. The molecule has 0 saturated carbocycles. The Labute approximate surface area is 172 Å². The van der Waals surface area contributed by atoms with Gasteiger partial charge in [-0.2, -0.15) is 23.5 Å². The summed E-state index contributed by atoms with van der Waals surface area (Å²) in [4.78, 5) is 1.18. The molecule has 0 saturated heterocycles. The molecule has 0 unspecified atom stereocenters. The molecule has 0 aliphatic carbocycles. The third kappa shape index (κ3) is 3.92. The lowest BCUT2D eigenvalue weighted by Gasteiger charge is -2.13. The Balaban J connectivity index is 2.11. The molecule has 1 heterocycles. The van der Waals surface area contributed by atoms with Gasteiger partial charge < -0.3 is 5.73 Å². The fourth-order valence-corrected chi connectivity index (χ4v) is 3.95. The first-order chi connectivity index (χ1) is 13.1. The quantitative estimate of drug-likeness (QED) is 0.530. The van der Waals surface area contributed by atoms with Gasteiger partial charge in [-0.3, -0.25) is 0 Å². The fourth-order valence-electron chi connectivity index (χ4n) is 2.42. The van der Waals surface area contributed by atoms with Crippen molar-refractivity contribution in [2.24, 2.45) is 0 Å². The molecule has 0 spiro atoms. The van der Waals surface area contributed by atoms with Crippen LogP contribution in [0.4, 0.5) is 19.0 Å². The van der Waals surface area contributed by atoms with E-state index < -0.39 is 11.7 Å². The van der Waals surface area contributed by atoms with E-state index in [1.807, 2.05) is 37.3 Å². The third-order valence-corrected chi connectivity index (χ3v) is 5.47. The minimum Gasteiger partial charge on any atom is -0.383 e. The highest BCUT2D eigenvalue weighted by Gasteiger charge is 2.33. The number of aromatic nitrogens is 2. The number of aryl methyl sites for hydroxylation is 1. The Morgan fingerprint density at radius 3 is 2.21 bits per heavy atom. The summed E-state index contributed by atoms with van der Waals surface area (Å²) in [5.74, 6) is 0.0469. The van der Waals surface area contributed by atoms with Gasteiger partial charge in [0.15, 0.2) is 5.69 Å². The molecular weight excluding hydrogens is 432 g/mol. The summed E-state index contributed by atoms with van der Waals surface area (Å²) in [5.41, 5.74) is 6.20. The average molecular weight is 443 g/mol. The lowest BCUT2D eigenvalue weighted by Crippen LogP contribution is -2.08. The van der Waals surface area contributed by atoms with Crippen molar-refractivity contribution >= 4 is 40.8 Å². The van der Waals surface area contributed by atoms with Gasteiger partial charge in [-0.05, 0) is 31.2 Å². The summed E-state index contributed by atoms with van der Waals surface area (Å²) in [6, 6.07) is 10.9. The molecule has 0 amide bonds. The number of nitrogens with zero attached hydrogens (tertiary/aromatic N) is 3. The standard InChI is InChI=1S/C18H11Cl2F3N4S/c1-9-2-4-11(5-3-9)28-16-14(8-24)26-27(17(16)25)15-12(19)6-10(7-13(15)20)18(21,22)23/h2-7H,25H2,1H3. The topological polar surface area (TPSA) is 67.6 Å². The number of hydrogen-bond donors (Lipinski definition) is 1. The van der Waals surface area contributed by atoms with Gasteiger partial charge in [0.25, 0.3) is 0 Å². The van der Waals surface area contributed by atoms with Crippen molar-refractivity contribution < 1.29 is 13.2 Å². The van der Waals surface area contributed by atoms with Crippen LogP contribution in [-0.4, -0.2) is 9.78 Å². The number of nitrogens with two attached hydrogens (primary N) is 1. The Morgan fingerprint density at radius 1 is 1.14 bits per heavy atom. The molecule has 0 bridgehead atoms. The van der Waals surface area contributed by atoms with Gasteiger partial charge in [-0.25, -0.2) is 4.68 Å². The summed E-state index contributed by atoms with van der Waals surface area (Å²) in [6.07, 6.45) is -4.61. The van der Waals surface area contributed by atoms with Crippen molar-refractivity contribution in [2.75, 3.05) is 5.73 Å². The van der Waals surface area contributed by atoms with Crippen molar-refractivity contribution in [3.05, 3.63) is 63.3 Å². The van der Waals surface area contributed by atoms with Crippen LogP contribution in [0.15, 0.2) is 46.2 Å². The highest BCUT2D eigenvalue weighted by atomic mass is 35.5. The summed E-state index contributed by atoms with van der Waals surface area (Å²) in [7, 11) is 0. The zero-order chi connectivity index (χ0) is 20.6. The normalized spacial score (nSPS) is 11.5. The number of alkyl halides is 3. The number of rotatable bonds is 3. The van der Waals surface area contributed by atoms with Crippen molar-refractivity contribution in [1.29, 1.82) is 5.26 Å². The summed E-state index contributed by atoms with van der Waals surface area (Å²) < 4.78 is 39.9. The molecule has 10 heteroatoms. The summed E-state index contributed by atoms with van der Waals surface area (Å²) in [6.45, 7) is 1.94. The van der Waals surface area contributed by atoms with Gasteiger partial charge in [0.05, 0.1) is 20.5 Å². The third-order valence-electron chi connectivity index (χ3n) is 3.78. The number of benzene rings is 2. The first-order valence-corrected chi connectivity index (χ1v) is 9.28. The molecule has 0 fully saturated rings. The molecule has 3 rings (SSSR count). The maximum absolute atomic E-state index is 12.9. The summed E-state index contributed by atoms with van der Waals surface area (Å²) in [5, 5.41) is 12.9. The molecule has 4 nitrogen and oxygen atoms in total. The van der Waals surface area contributed by atoms with E-state index in [-0.39, 0.29) is 27.2 Å². The maximum Gasteiger partial charge on any atom is 0.416 e. The largest absolute Gasteiger partial charge is 0.416 e. The van der Waals surface area contributed by atoms with E-state index in [0.29, 0.717) is 4.90 Å². The van der Waals surface area contributed by atoms with Crippen LogP contribution in [0.1, 0.15) is 16.8 Å². The lowest BCUT2D eigenvalue weighted by atomic mass is 10.2. The zero-order valence-electron chi connectivity index (χ0n) is 14.2. The number of hydrogen-bond acceptors (Lipinski definition) is 4. The smallest absolute Gasteiger partial charge is 0.383 e. The van der Waals surface area contributed by atoms with Crippen molar-refractivity contribution in [2.45, 2.75) is 22.9 Å². The van der Waals surface area contributed by atoms with Crippen molar-refractivity contribution in [3.8, 4) is 11.8 Å². The van der Waals surface area contributed by atoms with Crippen LogP contribution in [0.5, 0.6) is 0 Å². The van der Waals surface area contributed by atoms with Crippen LogP contribution in [0.2, 0.25) is 10.0 Å². The molecule has 144 valence electrons. The second-order valence-electron chi connectivity index (χ2n) is 5.79. The van der Waals surface area contributed by atoms with Gasteiger partial charge in [0.2, 0.25) is 0 Å². The average Bonchev–Trinajstić information content (AvgIpc) is 2.91. The Morgan fingerprint density at radius 2 is 1.71 bits per heavy atom. The highest BCUT2D eigenvalue weighted by molar-refractivity contribution is 7.99. The molecule has 2 aromatic carbocycles. The van der Waals surface area contributed by atoms with E-state index in [4.69, 9.17) is 28.9 Å². The first kappa shape index (κ1) is 20.4. The Bertz CT molecular complexity index is 1060. The molecule has 2 N–H and O–H groups in total. The number of halogens is 5. The number of nitriles is 1. The van der Waals surface area contributed by atoms with E-state index in [2.05, 4.69) is 5.10 Å². The van der Waals surface area contributed by atoms with Gasteiger partial charge in [-0.15, -0.1) is 0 Å². The minimum atomic E-state index is -4.61. The Kier molecular flexibility index (Phi) is 5.53. The number of nitrogen functional groups attached to an aromatic ring is 1. The SMILES string of the molecule is Cc1ccc(Sc2c(C#N)nn(-c3c(Cl)cc(C(F)(F)F)cc3Cl)c2N)cc1. The molecule has 3 aromatic rings. The molecule has 1 aromatic heterocycles.